The summed E-state index contributed by atoms with van der Waals surface area (Å²) in [7, 11) is 0. The van der Waals surface area contributed by atoms with Crippen LogP contribution in [0.15, 0.2) is 209 Å². The van der Waals surface area contributed by atoms with E-state index < -0.39 is 0 Å². The van der Waals surface area contributed by atoms with E-state index >= 15 is 0 Å². The van der Waals surface area contributed by atoms with Crippen molar-refractivity contribution in [2.45, 2.75) is 33.1 Å². The van der Waals surface area contributed by atoms with E-state index in [4.69, 9.17) is 18.3 Å². The molecule has 0 atom stereocenters. The molecule has 0 amide bonds. The minimum absolute atomic E-state index is 0.111. The number of anilines is 6. The van der Waals surface area contributed by atoms with Crippen molar-refractivity contribution in [1.82, 2.24) is 0 Å². The third-order valence-electron chi connectivity index (χ3n) is 15.4. The number of aryl methyl sites for hydroxylation is 1. The molecular weight excluding hydrogens is 896 g/mol. The van der Waals surface area contributed by atoms with Crippen molar-refractivity contribution in [2.75, 3.05) is 16.6 Å². The van der Waals surface area contributed by atoms with Gasteiger partial charge in [0.2, 0.25) is 6.79 Å². The number of fused-ring (bicyclic) bond motifs is 11. The number of ether oxygens (including phenoxy) is 2. The zero-order valence-corrected chi connectivity index (χ0v) is 40.9. The van der Waals surface area contributed by atoms with Crippen LogP contribution in [0.5, 0.6) is 11.5 Å². The normalized spacial score (nSPS) is 13.6. The SMILES string of the molecule is Cc1cc2c3c(c1)N(c1c(-c4ccccc4)ccc4c1OCO4)c1ccc(C(C)(C)C)cc1B3c1cc(-c3ccc4c(c3)oc3ccccc34)ccc1N2c1ccc(-c2ccc3c(c2)oc2ccccc23)cc1. The minimum atomic E-state index is -0.121. The highest BCUT2D eigenvalue weighted by Gasteiger charge is 2.45. The Labute approximate surface area is 423 Å². The van der Waals surface area contributed by atoms with E-state index in [0.29, 0.717) is 0 Å². The van der Waals surface area contributed by atoms with Gasteiger partial charge in [0.15, 0.2) is 11.5 Å². The molecule has 0 fully saturated rings. The van der Waals surface area contributed by atoms with Gasteiger partial charge in [0.1, 0.15) is 28.0 Å². The van der Waals surface area contributed by atoms with Crippen molar-refractivity contribution < 1.29 is 18.3 Å². The van der Waals surface area contributed by atoms with E-state index in [-0.39, 0.29) is 18.9 Å². The highest BCUT2D eigenvalue weighted by Crippen LogP contribution is 2.54. The number of nitrogens with zero attached hydrogens (tertiary/aromatic N) is 2. The summed E-state index contributed by atoms with van der Waals surface area (Å²) in [6.45, 7) is 9.18. The van der Waals surface area contributed by atoms with Gasteiger partial charge >= 0.3 is 0 Å². The van der Waals surface area contributed by atoms with E-state index in [0.717, 1.165) is 128 Å². The number of rotatable bonds is 5. The Morgan fingerprint density at radius 1 is 0.438 bits per heavy atom. The predicted molar refractivity (Wildman–Crippen MR) is 301 cm³/mol. The van der Waals surface area contributed by atoms with Crippen molar-refractivity contribution in [2.24, 2.45) is 0 Å². The molecule has 0 bridgehead atoms. The van der Waals surface area contributed by atoms with Gasteiger partial charge in [-0.1, -0.05) is 136 Å². The van der Waals surface area contributed by atoms with Gasteiger partial charge in [-0.3, -0.25) is 0 Å². The molecule has 0 saturated carbocycles. The molecule has 0 aliphatic carbocycles. The van der Waals surface area contributed by atoms with Crippen molar-refractivity contribution in [3.63, 3.8) is 0 Å². The molecule has 5 heterocycles. The van der Waals surface area contributed by atoms with E-state index in [1.807, 2.05) is 24.3 Å². The molecule has 2 aromatic heterocycles. The quantitative estimate of drug-likeness (QED) is 0.160. The Kier molecular flexibility index (Phi) is 8.90. The second-order valence-electron chi connectivity index (χ2n) is 20.8. The molecule has 0 N–H and O–H groups in total. The summed E-state index contributed by atoms with van der Waals surface area (Å²) in [5.41, 5.74) is 22.7. The molecular formula is C66H47BN2O4. The first kappa shape index (κ1) is 41.8. The topological polar surface area (TPSA) is 51.2 Å². The Hall–Kier alpha value is -8.94. The monoisotopic (exact) mass is 942 g/mol. The van der Waals surface area contributed by atoms with Crippen LogP contribution in [0.1, 0.15) is 31.9 Å². The fourth-order valence-corrected chi connectivity index (χ4v) is 12.0. The van der Waals surface area contributed by atoms with Crippen molar-refractivity contribution >= 4 is 101 Å². The largest absolute Gasteiger partial charge is 0.456 e. The second-order valence-corrected chi connectivity index (χ2v) is 20.8. The molecule has 73 heavy (non-hydrogen) atoms. The molecule has 0 saturated heterocycles. The lowest BCUT2D eigenvalue weighted by molar-refractivity contribution is 0.174. The molecule has 6 nitrogen and oxygen atoms in total. The summed E-state index contributed by atoms with van der Waals surface area (Å²) in [6, 6.07) is 72.7. The summed E-state index contributed by atoms with van der Waals surface area (Å²) in [5, 5.41) is 4.49. The zero-order valence-electron chi connectivity index (χ0n) is 40.9. The molecule has 0 unspecified atom stereocenters. The minimum Gasteiger partial charge on any atom is -0.456 e. The molecule has 10 aromatic carbocycles. The van der Waals surface area contributed by atoms with Gasteiger partial charge in [-0.25, -0.2) is 0 Å². The van der Waals surface area contributed by atoms with Gasteiger partial charge in [-0.2, -0.15) is 0 Å². The first-order valence-corrected chi connectivity index (χ1v) is 25.2. The first-order chi connectivity index (χ1) is 35.7. The Morgan fingerprint density at radius 2 is 1.00 bits per heavy atom. The standard InChI is InChI=1S/C66H47BN2O4/c1-39-32-56-63-57(33-39)69(64-47(41-12-6-5-7-13-41)28-31-60-65(64)71-38-70-60)55-30-23-45(66(2,3)4)37-53(55)67(63)52-34-42(44-21-27-51-49-15-9-11-17-59(49)73-62(51)36-44)22-29-54(52)68(56)46-24-18-40(19-25-46)43-20-26-50-48-14-8-10-16-58(48)72-61(50)35-43/h5-37H,38H2,1-4H3. The van der Waals surface area contributed by atoms with Crippen LogP contribution < -0.4 is 35.7 Å². The Morgan fingerprint density at radius 3 is 1.70 bits per heavy atom. The highest BCUT2D eigenvalue weighted by molar-refractivity contribution is 7.00. The lowest BCUT2D eigenvalue weighted by atomic mass is 9.33. The molecule has 15 rings (SSSR count). The van der Waals surface area contributed by atoms with Crippen LogP contribution in [0.3, 0.4) is 0 Å². The molecule has 3 aliphatic heterocycles. The van der Waals surface area contributed by atoms with Gasteiger partial charge in [-0.15, -0.1) is 0 Å². The van der Waals surface area contributed by atoms with Crippen molar-refractivity contribution in [3.05, 3.63) is 211 Å². The third kappa shape index (κ3) is 6.37. The second kappa shape index (κ2) is 15.5. The number of hydrogen-bond donors (Lipinski definition) is 0. The van der Waals surface area contributed by atoms with E-state index in [2.05, 4.69) is 213 Å². The average Bonchev–Trinajstić information content (AvgIpc) is 4.16. The van der Waals surface area contributed by atoms with E-state index in [1.54, 1.807) is 0 Å². The molecule has 7 heteroatoms. The van der Waals surface area contributed by atoms with Crippen LogP contribution in [-0.4, -0.2) is 13.5 Å². The summed E-state index contributed by atoms with van der Waals surface area (Å²) in [6.07, 6.45) is 0. The number of para-hydroxylation sites is 2. The van der Waals surface area contributed by atoms with E-state index in [9.17, 15) is 0 Å². The number of hydrogen-bond acceptors (Lipinski definition) is 6. The van der Waals surface area contributed by atoms with Crippen LogP contribution in [-0.2, 0) is 5.41 Å². The summed E-state index contributed by atoms with van der Waals surface area (Å²) in [5.74, 6) is 1.48. The molecule has 0 spiro atoms. The van der Waals surface area contributed by atoms with Gasteiger partial charge in [0, 0.05) is 55.5 Å². The molecule has 12 aromatic rings. The van der Waals surface area contributed by atoms with Crippen LogP contribution in [0.2, 0.25) is 0 Å². The van der Waals surface area contributed by atoms with Crippen molar-refractivity contribution in [1.29, 1.82) is 0 Å². The molecule has 0 radical (unpaired) electrons. The molecule has 348 valence electrons. The maximum Gasteiger partial charge on any atom is 0.252 e. The van der Waals surface area contributed by atoms with Gasteiger partial charge in [0.05, 0.1) is 0 Å². The summed E-state index contributed by atoms with van der Waals surface area (Å²) < 4.78 is 25.6. The van der Waals surface area contributed by atoms with Crippen LogP contribution in [0, 0.1) is 6.92 Å². The lowest BCUT2D eigenvalue weighted by Crippen LogP contribution is -2.61. The average molecular weight is 943 g/mol. The lowest BCUT2D eigenvalue weighted by Gasteiger charge is -2.45. The smallest absolute Gasteiger partial charge is 0.252 e. The fraction of sp³-hybridized carbons (Fsp3) is 0.0909. The van der Waals surface area contributed by atoms with Crippen LogP contribution >= 0.6 is 0 Å². The van der Waals surface area contributed by atoms with Crippen LogP contribution in [0.4, 0.5) is 34.1 Å². The summed E-state index contributed by atoms with van der Waals surface area (Å²) in [4.78, 5) is 4.96. The van der Waals surface area contributed by atoms with Gasteiger partial charge in [-0.05, 0) is 153 Å². The van der Waals surface area contributed by atoms with Gasteiger partial charge in [0.25, 0.3) is 6.71 Å². The van der Waals surface area contributed by atoms with Crippen molar-refractivity contribution in [3.8, 4) is 44.9 Å². The van der Waals surface area contributed by atoms with Crippen LogP contribution in [0.25, 0.3) is 77.3 Å². The Bertz CT molecular complexity index is 4260. The maximum atomic E-state index is 6.54. The van der Waals surface area contributed by atoms with Gasteiger partial charge < -0.3 is 28.1 Å². The molecule has 3 aliphatic rings. The third-order valence-corrected chi connectivity index (χ3v) is 15.4. The fourth-order valence-electron chi connectivity index (χ4n) is 12.0. The predicted octanol–water partition coefficient (Wildman–Crippen LogP) is 15.9. The zero-order chi connectivity index (χ0) is 48.7. The highest BCUT2D eigenvalue weighted by atomic mass is 16.7. The maximum absolute atomic E-state index is 6.54. The summed E-state index contributed by atoms with van der Waals surface area (Å²) >= 11 is 0. The first-order valence-electron chi connectivity index (χ1n) is 25.2. The Balaban J connectivity index is 0.975. The number of benzene rings is 10. The number of furan rings is 2. The van der Waals surface area contributed by atoms with E-state index in [1.165, 1.54) is 22.0 Å².